The van der Waals surface area contributed by atoms with Crippen molar-refractivity contribution in [2.75, 3.05) is 6.61 Å². The molecule has 19 heavy (non-hydrogen) atoms. The predicted molar refractivity (Wildman–Crippen MR) is 87.2 cm³/mol. The molecule has 1 rings (SSSR count). The molecule has 0 aromatic rings. The van der Waals surface area contributed by atoms with E-state index in [4.69, 9.17) is 8.43 Å². The molecule has 0 spiro atoms. The van der Waals surface area contributed by atoms with Gasteiger partial charge in [-0.1, -0.05) is 26.7 Å². The van der Waals surface area contributed by atoms with E-state index in [2.05, 4.69) is 40.7 Å². The van der Waals surface area contributed by atoms with Gasteiger partial charge in [-0.3, -0.25) is 6.08 Å². The second-order valence-corrected chi connectivity index (χ2v) is 5.16. The van der Waals surface area contributed by atoms with Crippen molar-refractivity contribution in [1.82, 2.24) is 0 Å². The minimum absolute atomic E-state index is 0. The first-order valence-electron chi connectivity index (χ1n) is 5.28. The van der Waals surface area contributed by atoms with Crippen LogP contribution in [0.1, 0.15) is 34.1 Å². The quantitative estimate of drug-likeness (QED) is 0.575. The van der Waals surface area contributed by atoms with E-state index in [-0.39, 0.29) is 38.8 Å². The number of hydrogen-bond donors (Lipinski definition) is 1. The molecule has 1 aliphatic carbocycles. The molecule has 0 radical (unpaired) electrons. The van der Waals surface area contributed by atoms with Gasteiger partial charge in [0.2, 0.25) is 0 Å². The maximum atomic E-state index is 9.07. The average molecular weight is 362 g/mol. The van der Waals surface area contributed by atoms with Crippen LogP contribution in [0.15, 0.2) is 16.7 Å². The summed E-state index contributed by atoms with van der Waals surface area (Å²) in [5, 5.41) is 7.81. The molecule has 1 N–H and O–H groups in total. The van der Waals surface area contributed by atoms with Crippen molar-refractivity contribution in [2.45, 2.75) is 34.1 Å². The van der Waals surface area contributed by atoms with Crippen molar-refractivity contribution in [3.05, 3.63) is 37.1 Å². The van der Waals surface area contributed by atoms with Crippen LogP contribution >= 0.6 is 24.8 Å². The van der Waals surface area contributed by atoms with Gasteiger partial charge >= 0.3 is 28.8 Å². The molecule has 0 bridgehead atoms. The van der Waals surface area contributed by atoms with Crippen molar-refractivity contribution < 1.29 is 26.3 Å². The molecular weight excluding hydrogens is 335 g/mol. The van der Waals surface area contributed by atoms with E-state index in [0.29, 0.717) is 12.3 Å². The van der Waals surface area contributed by atoms with Crippen LogP contribution in [0.25, 0.3) is 0 Å². The molecule has 0 heterocycles. The Morgan fingerprint density at radius 3 is 1.74 bits per heavy atom. The van der Waals surface area contributed by atoms with Crippen LogP contribution in [-0.2, 0) is 21.2 Å². The zero-order valence-electron chi connectivity index (χ0n) is 12.6. The van der Waals surface area contributed by atoms with E-state index in [9.17, 15) is 0 Å². The first-order chi connectivity index (χ1) is 7.45. The van der Waals surface area contributed by atoms with Crippen LogP contribution in [0.4, 0.5) is 0 Å². The molecule has 2 nitrogen and oxygen atoms in total. The normalized spacial score (nSPS) is 14.8. The monoisotopic (exact) mass is 361 g/mol. The fourth-order valence-corrected chi connectivity index (χ4v) is 1.16. The van der Waals surface area contributed by atoms with Gasteiger partial charge in [-0.15, -0.1) is 31.7 Å². The molecule has 116 valence electrons. The Kier molecular flexibility index (Phi) is 35.4. The molecule has 1 unspecified atom stereocenters. The van der Waals surface area contributed by atoms with E-state index in [1.165, 1.54) is 16.7 Å². The Morgan fingerprint density at radius 2 is 1.68 bits per heavy atom. The summed E-state index contributed by atoms with van der Waals surface area (Å²) >= 11 is -0.722. The Morgan fingerprint density at radius 1 is 1.37 bits per heavy atom. The van der Waals surface area contributed by atoms with E-state index in [1.54, 1.807) is 7.63 Å². The van der Waals surface area contributed by atoms with Crippen molar-refractivity contribution in [1.29, 1.82) is 0 Å². The van der Waals surface area contributed by atoms with E-state index >= 15 is 0 Å². The second kappa shape index (κ2) is 21.1. The SMILES string of the molecule is CC1=[C-]C(C)C(C)=C1C.Cl.Cl.[CH2-]CCO.[CH3-].[O]=[Ti]=[SiH2]. The van der Waals surface area contributed by atoms with Crippen molar-refractivity contribution in [3.63, 3.8) is 0 Å². The van der Waals surface area contributed by atoms with Crippen LogP contribution in [0.5, 0.6) is 0 Å². The zero-order chi connectivity index (χ0) is 13.1. The standard InChI is InChI=1S/C9H13.C3H7O.CH3.2ClH.O.H2Si.Ti/c1-6-5-7(2)9(4)8(6)3;1-2-3-4;;;;;;/h6H,1-4H3;4H,1-3H2;1H3;2*1H;;1H2;/q3*-1;;;;;. The van der Waals surface area contributed by atoms with Crippen molar-refractivity contribution in [2.24, 2.45) is 5.92 Å². The van der Waals surface area contributed by atoms with E-state index in [0.717, 1.165) is 0 Å². The number of aliphatic hydroxyl groups is 1. The van der Waals surface area contributed by atoms with Gasteiger partial charge in [0, 0.05) is 6.61 Å². The summed E-state index contributed by atoms with van der Waals surface area (Å²) in [6, 6.07) is 0. The van der Waals surface area contributed by atoms with Crippen LogP contribution in [0, 0.1) is 26.3 Å². The predicted octanol–water partition coefficient (Wildman–Crippen LogP) is 3.18. The van der Waals surface area contributed by atoms with E-state index < -0.39 is 17.9 Å². The molecule has 0 aromatic carbocycles. The summed E-state index contributed by atoms with van der Waals surface area (Å²) < 4.78 is 9.07. The summed E-state index contributed by atoms with van der Waals surface area (Å²) in [6.45, 7) is 12.2. The number of aliphatic hydroxyl groups excluding tert-OH is 1. The Labute approximate surface area is 142 Å². The molecule has 0 aliphatic heterocycles. The molecule has 0 amide bonds. The Hall–Kier alpha value is 0.751. The molecular formula is C13H27Cl2O2SiTi-3. The fraction of sp³-hybridized carbons (Fsp3) is 0.538. The van der Waals surface area contributed by atoms with Gasteiger partial charge in [0.05, 0.1) is 0 Å². The topological polar surface area (TPSA) is 37.3 Å². The van der Waals surface area contributed by atoms with Crippen molar-refractivity contribution >= 4 is 32.4 Å². The maximum absolute atomic E-state index is 9.07. The van der Waals surface area contributed by atoms with E-state index in [1.807, 2.05) is 0 Å². The summed E-state index contributed by atoms with van der Waals surface area (Å²) in [5.74, 6) is 0.560. The van der Waals surface area contributed by atoms with Gasteiger partial charge in [-0.05, 0) is 0 Å². The van der Waals surface area contributed by atoms with Crippen LogP contribution in [0.2, 0.25) is 0 Å². The molecule has 1 aliphatic rings. The first kappa shape index (κ1) is 31.9. The Bertz CT molecular complexity index is 297. The van der Waals surface area contributed by atoms with Crippen LogP contribution in [-0.4, -0.2) is 19.3 Å². The summed E-state index contributed by atoms with van der Waals surface area (Å²) in [4.78, 5) is 0. The summed E-state index contributed by atoms with van der Waals surface area (Å²) in [5.41, 5.74) is 4.25. The molecule has 0 fully saturated rings. The third-order valence-electron chi connectivity index (χ3n) is 2.39. The Balaban J connectivity index is -0.0000000572. The third-order valence-corrected chi connectivity index (χ3v) is 2.39. The van der Waals surface area contributed by atoms with Crippen LogP contribution in [0.3, 0.4) is 0 Å². The van der Waals surface area contributed by atoms with Gasteiger partial charge in [0.1, 0.15) is 0 Å². The molecule has 0 saturated carbocycles. The third kappa shape index (κ3) is 16.7. The van der Waals surface area contributed by atoms with Crippen molar-refractivity contribution in [3.8, 4) is 0 Å². The zero-order valence-corrected chi connectivity index (χ0v) is 17.2. The molecule has 6 heteroatoms. The average Bonchev–Trinajstić information content (AvgIpc) is 2.47. The summed E-state index contributed by atoms with van der Waals surface area (Å²) in [6.07, 6.45) is 3.98. The van der Waals surface area contributed by atoms with Gasteiger partial charge in [0.25, 0.3) is 0 Å². The van der Waals surface area contributed by atoms with Gasteiger partial charge in [0.15, 0.2) is 0 Å². The van der Waals surface area contributed by atoms with Crippen LogP contribution < -0.4 is 0 Å². The second-order valence-electron chi connectivity index (χ2n) is 3.52. The number of allylic oxidation sites excluding steroid dienone is 4. The first-order valence-corrected chi connectivity index (χ1v) is 9.94. The molecule has 1 atom stereocenters. The number of hydrogen-bond acceptors (Lipinski definition) is 2. The van der Waals surface area contributed by atoms with Gasteiger partial charge in [-0.25, -0.2) is 5.57 Å². The fourth-order valence-electron chi connectivity index (χ4n) is 1.16. The molecule has 0 aromatic heterocycles. The number of halogens is 2. The van der Waals surface area contributed by atoms with Gasteiger partial charge < -0.3 is 19.5 Å². The summed E-state index contributed by atoms with van der Waals surface area (Å²) in [7, 11) is 1.54. The minimum atomic E-state index is -0.722. The molecule has 0 saturated heterocycles. The number of rotatable bonds is 1. The van der Waals surface area contributed by atoms with Gasteiger partial charge in [-0.2, -0.15) is 17.6 Å².